The van der Waals surface area contributed by atoms with Crippen LogP contribution in [0.5, 0.6) is 0 Å². The van der Waals surface area contributed by atoms with E-state index in [-0.39, 0.29) is 11.2 Å². The maximum absolute atomic E-state index is 6.05. The molecule has 0 radical (unpaired) electrons. The molecular weight excluding hydrogens is 202 g/mol. The molecule has 0 spiro atoms. The molecule has 0 aromatic carbocycles. The Morgan fingerprint density at radius 3 is 2.56 bits per heavy atom. The lowest BCUT2D eigenvalue weighted by molar-refractivity contribution is -0.0662. The molecule has 0 amide bonds. The quantitative estimate of drug-likeness (QED) is 0.835. The fourth-order valence-corrected chi connectivity index (χ4v) is 2.48. The monoisotopic (exact) mass is 223 g/mol. The molecular formula is C12H21N3O. The molecule has 0 saturated carbocycles. The Bertz CT molecular complexity index is 381. The highest BCUT2D eigenvalue weighted by molar-refractivity contribution is 5.36. The van der Waals surface area contributed by atoms with E-state index in [0.29, 0.717) is 6.04 Å². The number of aryl methyl sites for hydroxylation is 1. The van der Waals surface area contributed by atoms with Crippen LogP contribution in [-0.2, 0) is 11.8 Å². The average molecular weight is 223 g/mol. The zero-order valence-corrected chi connectivity index (χ0v) is 10.7. The van der Waals surface area contributed by atoms with Gasteiger partial charge in [0.05, 0.1) is 23.4 Å². The van der Waals surface area contributed by atoms with E-state index in [4.69, 9.17) is 4.74 Å². The Balaban J connectivity index is 2.14. The minimum Gasteiger partial charge on any atom is -0.367 e. The molecule has 1 unspecified atom stereocenters. The lowest BCUT2D eigenvalue weighted by Gasteiger charge is -2.28. The molecule has 0 aliphatic carbocycles. The predicted molar refractivity (Wildman–Crippen MR) is 64.5 cm³/mol. The summed E-state index contributed by atoms with van der Waals surface area (Å²) in [6.07, 6.45) is 2.81. The lowest BCUT2D eigenvalue weighted by Crippen LogP contribution is -2.38. The predicted octanol–water partition coefficient (Wildman–Crippen LogP) is 2.18. The standard InChI is InChI=1S/C12H21N3O/c1-11(2)8-9(12(3,4)16-11)14-10-6-7-13-15(10)5/h6-7,9,14H,8H2,1-5H3. The molecule has 1 aromatic rings. The van der Waals surface area contributed by atoms with Crippen LogP contribution in [0.3, 0.4) is 0 Å². The average Bonchev–Trinajstić information content (AvgIpc) is 2.56. The maximum atomic E-state index is 6.05. The van der Waals surface area contributed by atoms with Crippen molar-refractivity contribution in [1.29, 1.82) is 0 Å². The highest BCUT2D eigenvalue weighted by Crippen LogP contribution is 2.38. The van der Waals surface area contributed by atoms with Crippen molar-refractivity contribution in [2.24, 2.45) is 7.05 Å². The first-order valence-corrected chi connectivity index (χ1v) is 5.75. The fourth-order valence-electron chi connectivity index (χ4n) is 2.48. The summed E-state index contributed by atoms with van der Waals surface area (Å²) in [7, 11) is 1.94. The van der Waals surface area contributed by atoms with E-state index in [0.717, 1.165) is 12.2 Å². The third kappa shape index (κ3) is 2.07. The van der Waals surface area contributed by atoms with E-state index in [2.05, 4.69) is 38.1 Å². The van der Waals surface area contributed by atoms with Gasteiger partial charge in [-0.05, 0) is 34.1 Å². The van der Waals surface area contributed by atoms with Gasteiger partial charge >= 0.3 is 0 Å². The molecule has 4 heteroatoms. The summed E-state index contributed by atoms with van der Waals surface area (Å²) in [5.41, 5.74) is -0.201. The summed E-state index contributed by atoms with van der Waals surface area (Å²) in [6, 6.07) is 2.30. The smallest absolute Gasteiger partial charge is 0.124 e. The lowest BCUT2D eigenvalue weighted by atomic mass is 9.94. The van der Waals surface area contributed by atoms with E-state index in [1.807, 2.05) is 17.8 Å². The summed E-state index contributed by atoms with van der Waals surface area (Å²) in [4.78, 5) is 0. The Kier molecular flexibility index (Phi) is 2.49. The van der Waals surface area contributed by atoms with Crippen molar-refractivity contribution < 1.29 is 4.74 Å². The highest BCUT2D eigenvalue weighted by Gasteiger charge is 2.45. The number of hydrogen-bond donors (Lipinski definition) is 1. The Hall–Kier alpha value is -1.03. The van der Waals surface area contributed by atoms with E-state index in [1.54, 1.807) is 6.20 Å². The van der Waals surface area contributed by atoms with Gasteiger partial charge in [-0.15, -0.1) is 0 Å². The first-order chi connectivity index (χ1) is 7.30. The molecule has 16 heavy (non-hydrogen) atoms. The number of anilines is 1. The van der Waals surface area contributed by atoms with Crippen molar-refractivity contribution >= 4 is 5.82 Å². The first kappa shape index (κ1) is 11.5. The minimum absolute atomic E-state index is 0.0558. The van der Waals surface area contributed by atoms with Crippen LogP contribution in [0.1, 0.15) is 34.1 Å². The molecule has 1 aromatic heterocycles. The molecule has 90 valence electrons. The van der Waals surface area contributed by atoms with Crippen molar-refractivity contribution in [1.82, 2.24) is 9.78 Å². The number of aromatic nitrogens is 2. The fraction of sp³-hybridized carbons (Fsp3) is 0.750. The van der Waals surface area contributed by atoms with Crippen LogP contribution in [-0.4, -0.2) is 27.0 Å². The van der Waals surface area contributed by atoms with Crippen LogP contribution in [0.25, 0.3) is 0 Å². The van der Waals surface area contributed by atoms with Gasteiger partial charge in [0.25, 0.3) is 0 Å². The van der Waals surface area contributed by atoms with Crippen LogP contribution < -0.4 is 5.32 Å². The third-order valence-corrected chi connectivity index (χ3v) is 3.22. The number of nitrogens with one attached hydrogen (secondary N) is 1. The molecule has 1 aliphatic rings. The van der Waals surface area contributed by atoms with Crippen LogP contribution in [0.15, 0.2) is 12.3 Å². The van der Waals surface area contributed by atoms with Gasteiger partial charge in [-0.2, -0.15) is 5.10 Å². The SMILES string of the molecule is Cn1nccc1NC1CC(C)(C)OC1(C)C. The van der Waals surface area contributed by atoms with E-state index < -0.39 is 0 Å². The van der Waals surface area contributed by atoms with Crippen molar-refractivity contribution in [3.05, 3.63) is 12.3 Å². The summed E-state index contributed by atoms with van der Waals surface area (Å²) < 4.78 is 7.89. The second-order valence-electron chi connectivity index (χ2n) is 5.71. The van der Waals surface area contributed by atoms with Crippen molar-refractivity contribution in [2.75, 3.05) is 5.32 Å². The normalized spacial score (nSPS) is 26.9. The van der Waals surface area contributed by atoms with Crippen molar-refractivity contribution in [2.45, 2.75) is 51.4 Å². The summed E-state index contributed by atoms with van der Waals surface area (Å²) >= 11 is 0. The van der Waals surface area contributed by atoms with Gasteiger partial charge in [0.2, 0.25) is 0 Å². The second kappa shape index (κ2) is 3.48. The van der Waals surface area contributed by atoms with Gasteiger partial charge in [-0.3, -0.25) is 4.68 Å². The summed E-state index contributed by atoms with van der Waals surface area (Å²) in [6.45, 7) is 8.55. The van der Waals surface area contributed by atoms with E-state index >= 15 is 0 Å². The Morgan fingerprint density at radius 2 is 2.12 bits per heavy atom. The highest BCUT2D eigenvalue weighted by atomic mass is 16.5. The molecule has 1 N–H and O–H groups in total. The summed E-state index contributed by atoms with van der Waals surface area (Å²) in [5, 5.41) is 7.67. The molecule has 1 atom stereocenters. The number of hydrogen-bond acceptors (Lipinski definition) is 3. The van der Waals surface area contributed by atoms with Crippen LogP contribution >= 0.6 is 0 Å². The van der Waals surface area contributed by atoms with Gasteiger partial charge in [-0.1, -0.05) is 0 Å². The van der Waals surface area contributed by atoms with Gasteiger partial charge in [0.15, 0.2) is 0 Å². The molecule has 1 fully saturated rings. The van der Waals surface area contributed by atoms with Gasteiger partial charge in [0, 0.05) is 13.1 Å². The number of ether oxygens (including phenoxy) is 1. The van der Waals surface area contributed by atoms with Gasteiger partial charge in [0.1, 0.15) is 5.82 Å². The molecule has 1 saturated heterocycles. The van der Waals surface area contributed by atoms with Gasteiger partial charge < -0.3 is 10.1 Å². The third-order valence-electron chi connectivity index (χ3n) is 3.22. The molecule has 2 rings (SSSR count). The molecule has 2 heterocycles. The maximum Gasteiger partial charge on any atom is 0.124 e. The first-order valence-electron chi connectivity index (χ1n) is 5.75. The molecule has 0 bridgehead atoms. The summed E-state index contributed by atoms with van der Waals surface area (Å²) in [5.74, 6) is 1.04. The molecule has 4 nitrogen and oxygen atoms in total. The van der Waals surface area contributed by atoms with Crippen LogP contribution in [0.4, 0.5) is 5.82 Å². The topological polar surface area (TPSA) is 39.1 Å². The number of nitrogens with zero attached hydrogens (tertiary/aromatic N) is 2. The largest absolute Gasteiger partial charge is 0.367 e. The Labute approximate surface area is 97.0 Å². The van der Waals surface area contributed by atoms with Crippen molar-refractivity contribution in [3.63, 3.8) is 0 Å². The van der Waals surface area contributed by atoms with E-state index in [1.165, 1.54) is 0 Å². The molecule has 1 aliphatic heterocycles. The zero-order valence-electron chi connectivity index (χ0n) is 10.7. The van der Waals surface area contributed by atoms with Crippen LogP contribution in [0, 0.1) is 0 Å². The Morgan fingerprint density at radius 1 is 1.44 bits per heavy atom. The zero-order chi connectivity index (χ0) is 12.0. The van der Waals surface area contributed by atoms with Gasteiger partial charge in [-0.25, -0.2) is 0 Å². The van der Waals surface area contributed by atoms with Crippen LogP contribution in [0.2, 0.25) is 0 Å². The minimum atomic E-state index is -0.145. The van der Waals surface area contributed by atoms with Crippen molar-refractivity contribution in [3.8, 4) is 0 Å². The number of rotatable bonds is 2. The second-order valence-corrected chi connectivity index (χ2v) is 5.71. The van der Waals surface area contributed by atoms with E-state index in [9.17, 15) is 0 Å².